The normalized spacial score (nSPS) is 14.9. The van der Waals surface area contributed by atoms with E-state index in [1.54, 1.807) is 0 Å². The number of aromatic nitrogens is 2. The van der Waals surface area contributed by atoms with Gasteiger partial charge < -0.3 is 9.80 Å². The molecule has 0 N–H and O–H groups in total. The summed E-state index contributed by atoms with van der Waals surface area (Å²) >= 11 is 5.94. The first kappa shape index (κ1) is 20.6. The van der Waals surface area contributed by atoms with E-state index in [-0.39, 0.29) is 5.92 Å². The second kappa shape index (κ2) is 9.87. The number of anilines is 1. The Hall–Kier alpha value is -2.14. The number of rotatable bonds is 7. The zero-order valence-corrected chi connectivity index (χ0v) is 17.5. The van der Waals surface area contributed by atoms with E-state index in [4.69, 9.17) is 11.6 Å². The summed E-state index contributed by atoms with van der Waals surface area (Å²) in [6.07, 6.45) is 3.95. The third-order valence-corrected chi connectivity index (χ3v) is 5.69. The van der Waals surface area contributed by atoms with Crippen LogP contribution in [0, 0.1) is 5.92 Å². The van der Waals surface area contributed by atoms with E-state index in [9.17, 15) is 4.79 Å². The Bertz CT molecular complexity index is 755. The molecular weight excluding hydrogens is 372 g/mol. The van der Waals surface area contributed by atoms with Gasteiger partial charge in [-0.05, 0) is 50.5 Å². The van der Waals surface area contributed by atoms with E-state index in [1.807, 2.05) is 41.3 Å². The van der Waals surface area contributed by atoms with Gasteiger partial charge in [-0.3, -0.25) is 4.79 Å². The molecule has 0 unspecified atom stereocenters. The monoisotopic (exact) mass is 400 g/mol. The predicted octanol–water partition coefficient (Wildman–Crippen LogP) is 4.66. The van der Waals surface area contributed by atoms with Crippen molar-refractivity contribution in [3.05, 3.63) is 41.4 Å². The molecule has 0 radical (unpaired) electrons. The van der Waals surface area contributed by atoms with Crippen molar-refractivity contribution in [1.82, 2.24) is 15.1 Å². The van der Waals surface area contributed by atoms with Crippen molar-refractivity contribution in [3.8, 4) is 11.3 Å². The molecule has 0 saturated carbocycles. The highest BCUT2D eigenvalue weighted by molar-refractivity contribution is 6.30. The van der Waals surface area contributed by atoms with E-state index in [0.29, 0.717) is 10.9 Å². The fourth-order valence-electron chi connectivity index (χ4n) is 3.66. The lowest BCUT2D eigenvalue weighted by molar-refractivity contribution is -0.136. The van der Waals surface area contributed by atoms with E-state index in [0.717, 1.165) is 68.9 Å². The summed E-state index contributed by atoms with van der Waals surface area (Å²) in [5, 5.41) is 9.49. The van der Waals surface area contributed by atoms with Gasteiger partial charge in [0.05, 0.1) is 5.69 Å². The summed E-state index contributed by atoms with van der Waals surface area (Å²) in [7, 11) is 0. The molecule has 1 saturated heterocycles. The first-order valence-corrected chi connectivity index (χ1v) is 10.6. The molecule has 1 fully saturated rings. The molecule has 150 valence electrons. The fraction of sp³-hybridized carbons (Fsp3) is 0.500. The number of amides is 1. The topological polar surface area (TPSA) is 49.3 Å². The summed E-state index contributed by atoms with van der Waals surface area (Å²) < 4.78 is 0. The Morgan fingerprint density at radius 2 is 1.82 bits per heavy atom. The number of unbranched alkanes of at least 4 members (excludes halogenated alkanes) is 1. The number of hydrogen-bond acceptors (Lipinski definition) is 4. The molecule has 1 aromatic heterocycles. The number of benzene rings is 1. The van der Waals surface area contributed by atoms with Gasteiger partial charge in [0, 0.05) is 42.7 Å². The largest absolute Gasteiger partial charge is 0.355 e. The van der Waals surface area contributed by atoms with Crippen LogP contribution in [0.3, 0.4) is 0 Å². The second-order valence-electron chi connectivity index (χ2n) is 7.32. The van der Waals surface area contributed by atoms with Crippen molar-refractivity contribution in [2.75, 3.05) is 31.1 Å². The highest BCUT2D eigenvalue weighted by atomic mass is 35.5. The number of nitrogens with zero attached hydrogens (tertiary/aromatic N) is 4. The number of carbonyl (C=O) groups is 1. The van der Waals surface area contributed by atoms with Crippen molar-refractivity contribution in [3.63, 3.8) is 0 Å². The molecule has 0 atom stereocenters. The summed E-state index contributed by atoms with van der Waals surface area (Å²) in [5.41, 5.74) is 1.83. The van der Waals surface area contributed by atoms with Gasteiger partial charge in [0.25, 0.3) is 0 Å². The van der Waals surface area contributed by atoms with Gasteiger partial charge >= 0.3 is 0 Å². The zero-order valence-electron chi connectivity index (χ0n) is 16.8. The van der Waals surface area contributed by atoms with Crippen LogP contribution < -0.4 is 4.90 Å². The maximum atomic E-state index is 12.8. The van der Waals surface area contributed by atoms with Crippen molar-refractivity contribution in [2.45, 2.75) is 39.5 Å². The molecule has 1 aromatic carbocycles. The average molecular weight is 401 g/mol. The van der Waals surface area contributed by atoms with Crippen molar-refractivity contribution in [2.24, 2.45) is 5.92 Å². The van der Waals surface area contributed by atoms with Crippen LogP contribution in [-0.4, -0.2) is 47.2 Å². The van der Waals surface area contributed by atoms with E-state index >= 15 is 0 Å². The van der Waals surface area contributed by atoms with Gasteiger partial charge in [-0.15, -0.1) is 10.2 Å². The number of piperidine rings is 1. The third kappa shape index (κ3) is 5.02. The molecule has 2 aromatic rings. The van der Waals surface area contributed by atoms with Crippen LogP contribution in [0.25, 0.3) is 11.3 Å². The summed E-state index contributed by atoms with van der Waals surface area (Å²) in [6.45, 7) is 7.60. The Morgan fingerprint density at radius 3 is 2.39 bits per heavy atom. The molecule has 3 rings (SSSR count). The van der Waals surface area contributed by atoms with E-state index < -0.39 is 0 Å². The van der Waals surface area contributed by atoms with Gasteiger partial charge in [-0.1, -0.05) is 37.1 Å². The SMILES string of the molecule is CCCCN(CC)C(=O)C1CCN(c2ccc(-c3ccc(Cl)cc3)nn2)CC1. The number of hydrogen-bond donors (Lipinski definition) is 0. The number of carbonyl (C=O) groups excluding carboxylic acids is 1. The molecule has 5 nitrogen and oxygen atoms in total. The minimum Gasteiger partial charge on any atom is -0.355 e. The molecule has 0 aliphatic carbocycles. The Kier molecular flexibility index (Phi) is 7.26. The van der Waals surface area contributed by atoms with Crippen LogP contribution in [0.2, 0.25) is 5.02 Å². The predicted molar refractivity (Wildman–Crippen MR) is 115 cm³/mol. The standard InChI is InChI=1S/C22H29ClN4O/c1-3-5-14-26(4-2)22(28)18-12-15-27(16-13-18)21-11-10-20(24-25-21)17-6-8-19(23)9-7-17/h6-11,18H,3-5,12-16H2,1-2H3. The molecule has 2 heterocycles. The van der Waals surface area contributed by atoms with Gasteiger partial charge in [-0.25, -0.2) is 0 Å². The minimum atomic E-state index is 0.134. The summed E-state index contributed by atoms with van der Waals surface area (Å²) in [4.78, 5) is 17.0. The van der Waals surface area contributed by atoms with Crippen LogP contribution in [0.15, 0.2) is 36.4 Å². The molecule has 1 aliphatic heterocycles. The van der Waals surface area contributed by atoms with Crippen LogP contribution in [-0.2, 0) is 4.79 Å². The van der Waals surface area contributed by atoms with Gasteiger partial charge in [0.15, 0.2) is 5.82 Å². The molecule has 1 aliphatic rings. The van der Waals surface area contributed by atoms with Crippen LogP contribution in [0.4, 0.5) is 5.82 Å². The Labute approximate surface area is 172 Å². The van der Waals surface area contributed by atoms with E-state index in [2.05, 4.69) is 28.9 Å². The first-order chi connectivity index (χ1) is 13.6. The maximum Gasteiger partial charge on any atom is 0.225 e. The summed E-state index contributed by atoms with van der Waals surface area (Å²) in [6, 6.07) is 11.6. The molecule has 0 bridgehead atoms. The van der Waals surface area contributed by atoms with Crippen molar-refractivity contribution in [1.29, 1.82) is 0 Å². The lowest BCUT2D eigenvalue weighted by Gasteiger charge is -2.34. The lowest BCUT2D eigenvalue weighted by Crippen LogP contribution is -2.43. The molecule has 0 spiro atoms. The van der Waals surface area contributed by atoms with Crippen LogP contribution in [0.5, 0.6) is 0 Å². The lowest BCUT2D eigenvalue weighted by atomic mass is 9.95. The van der Waals surface area contributed by atoms with Crippen LogP contribution in [0.1, 0.15) is 39.5 Å². The second-order valence-corrected chi connectivity index (χ2v) is 7.75. The average Bonchev–Trinajstić information content (AvgIpc) is 2.75. The first-order valence-electron chi connectivity index (χ1n) is 10.3. The quantitative estimate of drug-likeness (QED) is 0.678. The molecule has 6 heteroatoms. The highest BCUT2D eigenvalue weighted by Gasteiger charge is 2.28. The van der Waals surface area contributed by atoms with Gasteiger partial charge in [0.2, 0.25) is 5.91 Å². The smallest absolute Gasteiger partial charge is 0.225 e. The summed E-state index contributed by atoms with van der Waals surface area (Å²) in [5.74, 6) is 1.33. The highest BCUT2D eigenvalue weighted by Crippen LogP contribution is 2.25. The molecule has 28 heavy (non-hydrogen) atoms. The Balaban J connectivity index is 1.57. The molecular formula is C22H29ClN4O. The third-order valence-electron chi connectivity index (χ3n) is 5.43. The van der Waals surface area contributed by atoms with Crippen molar-refractivity contribution >= 4 is 23.3 Å². The van der Waals surface area contributed by atoms with Crippen LogP contribution >= 0.6 is 11.6 Å². The molecule has 1 amide bonds. The number of halogens is 1. The van der Waals surface area contributed by atoms with Gasteiger partial charge in [0.1, 0.15) is 0 Å². The zero-order chi connectivity index (χ0) is 19.9. The van der Waals surface area contributed by atoms with Gasteiger partial charge in [-0.2, -0.15) is 0 Å². The minimum absolute atomic E-state index is 0.134. The fourth-order valence-corrected chi connectivity index (χ4v) is 3.78. The maximum absolute atomic E-state index is 12.8. The van der Waals surface area contributed by atoms with E-state index in [1.165, 1.54) is 0 Å². The Morgan fingerprint density at radius 1 is 1.11 bits per heavy atom. The van der Waals surface area contributed by atoms with Crippen molar-refractivity contribution < 1.29 is 4.79 Å².